The number of thioether (sulfide) groups is 1. The number of nitrogen functional groups attached to an aromatic ring is 1. The van der Waals surface area contributed by atoms with Crippen molar-refractivity contribution < 1.29 is 5.11 Å². The number of fused-ring (bicyclic) bond motifs is 1. The molecule has 0 amide bonds. The molecule has 3 heteroatoms. The highest BCUT2D eigenvalue weighted by Gasteiger charge is 2.10. The third kappa shape index (κ3) is 10.2. The van der Waals surface area contributed by atoms with Crippen molar-refractivity contribution in [1.82, 2.24) is 0 Å². The van der Waals surface area contributed by atoms with E-state index in [2.05, 4.69) is 19.1 Å². The maximum Gasteiger partial charge on any atom is 0.152 e. The van der Waals surface area contributed by atoms with Crippen LogP contribution in [0, 0.1) is 0 Å². The number of anilines is 1. The Balaban J connectivity index is 1.42. The summed E-state index contributed by atoms with van der Waals surface area (Å²) in [6.45, 7) is 2.29. The quantitative estimate of drug-likeness (QED) is 0.104. The Labute approximate surface area is 195 Å². The van der Waals surface area contributed by atoms with Gasteiger partial charge in [0.2, 0.25) is 0 Å². The van der Waals surface area contributed by atoms with E-state index in [9.17, 15) is 5.11 Å². The summed E-state index contributed by atoms with van der Waals surface area (Å²) in [4.78, 5) is 0.914. The van der Waals surface area contributed by atoms with Gasteiger partial charge in [-0.05, 0) is 23.6 Å². The molecule has 0 aliphatic rings. The number of phenols is 1. The zero-order valence-electron chi connectivity index (χ0n) is 19.8. The van der Waals surface area contributed by atoms with Crippen LogP contribution < -0.4 is 5.73 Å². The van der Waals surface area contributed by atoms with Crippen molar-refractivity contribution in [1.29, 1.82) is 0 Å². The Morgan fingerprint density at radius 3 is 1.74 bits per heavy atom. The summed E-state index contributed by atoms with van der Waals surface area (Å²) in [5.74, 6) is 1.30. The van der Waals surface area contributed by atoms with Gasteiger partial charge in [0.15, 0.2) is 5.75 Å². The molecule has 2 rings (SSSR count). The lowest BCUT2D eigenvalue weighted by molar-refractivity contribution is 0.466. The second-order valence-electron chi connectivity index (χ2n) is 9.01. The predicted molar refractivity (Wildman–Crippen MR) is 140 cm³/mol. The highest BCUT2D eigenvalue weighted by Crippen LogP contribution is 2.39. The van der Waals surface area contributed by atoms with Gasteiger partial charge in [0.25, 0.3) is 0 Å². The molecule has 0 bridgehead atoms. The van der Waals surface area contributed by atoms with E-state index in [1.165, 1.54) is 103 Å². The molecular formula is C28H45NOS. The number of nitrogens with two attached hydrogens (primary N) is 1. The zero-order valence-corrected chi connectivity index (χ0v) is 20.7. The van der Waals surface area contributed by atoms with Crippen LogP contribution in [-0.2, 0) is 0 Å². The molecule has 0 saturated heterocycles. The minimum atomic E-state index is 0.250. The van der Waals surface area contributed by atoms with Crippen molar-refractivity contribution in [3.05, 3.63) is 30.3 Å². The van der Waals surface area contributed by atoms with E-state index < -0.39 is 0 Å². The minimum Gasteiger partial charge on any atom is -0.505 e. The molecule has 0 fully saturated rings. The van der Waals surface area contributed by atoms with E-state index in [0.29, 0.717) is 5.69 Å². The van der Waals surface area contributed by atoms with Crippen molar-refractivity contribution >= 4 is 28.2 Å². The lowest BCUT2D eigenvalue weighted by atomic mass is 10.0. The first-order valence-corrected chi connectivity index (χ1v) is 13.9. The molecule has 0 aliphatic carbocycles. The van der Waals surface area contributed by atoms with Crippen molar-refractivity contribution in [3.63, 3.8) is 0 Å². The van der Waals surface area contributed by atoms with Gasteiger partial charge in [0.1, 0.15) is 0 Å². The molecule has 0 aliphatic heterocycles. The zero-order chi connectivity index (χ0) is 22.2. The van der Waals surface area contributed by atoms with E-state index in [0.717, 1.165) is 21.4 Å². The molecule has 0 aromatic heterocycles. The Morgan fingerprint density at radius 1 is 0.710 bits per heavy atom. The Hall–Kier alpha value is -1.35. The summed E-state index contributed by atoms with van der Waals surface area (Å²) >= 11 is 1.73. The highest BCUT2D eigenvalue weighted by molar-refractivity contribution is 7.99. The smallest absolute Gasteiger partial charge is 0.152 e. The molecule has 0 spiro atoms. The van der Waals surface area contributed by atoms with Crippen molar-refractivity contribution in [2.24, 2.45) is 0 Å². The largest absolute Gasteiger partial charge is 0.505 e. The molecule has 0 radical (unpaired) electrons. The van der Waals surface area contributed by atoms with Crippen LogP contribution in [0.5, 0.6) is 5.75 Å². The van der Waals surface area contributed by atoms with Crippen LogP contribution in [-0.4, -0.2) is 10.9 Å². The van der Waals surface area contributed by atoms with Crippen LogP contribution in [0.2, 0.25) is 0 Å². The molecule has 2 nitrogen and oxygen atoms in total. The monoisotopic (exact) mass is 443 g/mol. The Morgan fingerprint density at radius 2 is 1.19 bits per heavy atom. The summed E-state index contributed by atoms with van der Waals surface area (Å²) in [6, 6.07) is 10.1. The molecule has 0 atom stereocenters. The third-order valence-corrected chi connectivity index (χ3v) is 7.40. The van der Waals surface area contributed by atoms with E-state index in [4.69, 9.17) is 5.73 Å². The average Bonchev–Trinajstić information content (AvgIpc) is 2.79. The minimum absolute atomic E-state index is 0.250. The maximum atomic E-state index is 10.4. The lowest BCUT2D eigenvalue weighted by Crippen LogP contribution is -1.91. The second-order valence-corrected chi connectivity index (χ2v) is 10.1. The van der Waals surface area contributed by atoms with Crippen molar-refractivity contribution in [2.45, 2.75) is 115 Å². The number of aromatic hydroxyl groups is 1. The fourth-order valence-corrected chi connectivity index (χ4v) is 5.31. The van der Waals surface area contributed by atoms with Gasteiger partial charge in [0.05, 0.1) is 10.6 Å². The molecular weight excluding hydrogens is 398 g/mol. The Kier molecular flexibility index (Phi) is 13.6. The number of hydrogen-bond donors (Lipinski definition) is 2. The van der Waals surface area contributed by atoms with Gasteiger partial charge in [-0.2, -0.15) is 0 Å². The topological polar surface area (TPSA) is 46.2 Å². The van der Waals surface area contributed by atoms with Gasteiger partial charge < -0.3 is 10.8 Å². The Bertz CT molecular complexity index is 730. The number of hydrogen-bond acceptors (Lipinski definition) is 3. The van der Waals surface area contributed by atoms with Crippen molar-refractivity contribution in [3.8, 4) is 5.75 Å². The standard InChI is InChI=1S/C28H45NOS/c1-2-3-4-5-6-7-8-9-10-11-12-13-14-15-16-19-22-31-26-23-24-20-17-18-21-25(24)27(29)28(26)30/h17-18,20-21,23,30H,2-16,19,22,29H2,1H3. The molecule has 174 valence electrons. The van der Waals surface area contributed by atoms with Crippen LogP contribution in [0.4, 0.5) is 5.69 Å². The van der Waals surface area contributed by atoms with Crippen LogP contribution in [0.25, 0.3) is 10.8 Å². The van der Waals surface area contributed by atoms with Gasteiger partial charge in [0, 0.05) is 5.39 Å². The third-order valence-electron chi connectivity index (χ3n) is 6.28. The van der Waals surface area contributed by atoms with Crippen LogP contribution in [0.15, 0.2) is 35.2 Å². The van der Waals surface area contributed by atoms with Gasteiger partial charge in [-0.3, -0.25) is 0 Å². The maximum absolute atomic E-state index is 10.4. The summed E-state index contributed by atoms with van der Waals surface area (Å²) < 4.78 is 0. The molecule has 3 N–H and O–H groups in total. The van der Waals surface area contributed by atoms with Crippen LogP contribution in [0.1, 0.15) is 110 Å². The second kappa shape index (κ2) is 16.3. The van der Waals surface area contributed by atoms with Crippen molar-refractivity contribution in [2.75, 3.05) is 11.5 Å². The average molecular weight is 444 g/mol. The highest BCUT2D eigenvalue weighted by atomic mass is 32.2. The number of phenolic OH excluding ortho intramolecular Hbond substituents is 1. The van der Waals surface area contributed by atoms with Crippen LogP contribution in [0.3, 0.4) is 0 Å². The SMILES string of the molecule is CCCCCCCCCCCCCCCCCCSc1cc2ccccc2c(N)c1O. The molecule has 0 heterocycles. The first kappa shape index (κ1) is 25.9. The molecule has 0 saturated carbocycles. The number of unbranched alkanes of at least 4 members (excludes halogenated alkanes) is 15. The molecule has 2 aromatic carbocycles. The van der Waals surface area contributed by atoms with Crippen LogP contribution >= 0.6 is 11.8 Å². The molecule has 31 heavy (non-hydrogen) atoms. The normalized spacial score (nSPS) is 11.4. The number of rotatable bonds is 18. The first-order chi connectivity index (χ1) is 15.2. The molecule has 0 unspecified atom stereocenters. The summed E-state index contributed by atoms with van der Waals surface area (Å²) in [5.41, 5.74) is 6.63. The first-order valence-electron chi connectivity index (χ1n) is 12.9. The fraction of sp³-hybridized carbons (Fsp3) is 0.643. The van der Waals surface area contributed by atoms with Gasteiger partial charge in [-0.1, -0.05) is 128 Å². The van der Waals surface area contributed by atoms with Gasteiger partial charge >= 0.3 is 0 Å². The predicted octanol–water partition coefficient (Wildman–Crippen LogP) is 9.48. The van der Waals surface area contributed by atoms with E-state index in [1.54, 1.807) is 11.8 Å². The van der Waals surface area contributed by atoms with Gasteiger partial charge in [-0.15, -0.1) is 11.8 Å². The fourth-order valence-electron chi connectivity index (χ4n) is 4.28. The van der Waals surface area contributed by atoms with Gasteiger partial charge in [-0.25, -0.2) is 0 Å². The summed E-state index contributed by atoms with van der Waals surface area (Å²) in [5, 5.41) is 12.4. The summed E-state index contributed by atoms with van der Waals surface area (Å²) in [7, 11) is 0. The number of benzene rings is 2. The van der Waals surface area contributed by atoms with E-state index in [1.807, 2.05) is 18.2 Å². The molecule has 2 aromatic rings. The van der Waals surface area contributed by atoms with E-state index >= 15 is 0 Å². The van der Waals surface area contributed by atoms with E-state index in [-0.39, 0.29) is 5.75 Å². The summed E-state index contributed by atoms with van der Waals surface area (Å²) in [6.07, 6.45) is 22.3. The lowest BCUT2D eigenvalue weighted by Gasteiger charge is -2.10.